The molecule has 0 atom stereocenters. The van der Waals surface area contributed by atoms with Crippen LogP contribution in [-0.4, -0.2) is 19.1 Å². The Morgan fingerprint density at radius 3 is 1.76 bits per heavy atom. The van der Waals surface area contributed by atoms with Crippen LogP contribution in [0.15, 0.2) is 162 Å². The van der Waals surface area contributed by atoms with E-state index >= 15 is 0 Å². The minimum atomic E-state index is 0.622. The first-order valence-electron chi connectivity index (χ1n) is 16.5. The van der Waals surface area contributed by atoms with Gasteiger partial charge in [0.1, 0.15) is 11.2 Å². The first-order chi connectivity index (χ1) is 24.3. The lowest BCUT2D eigenvalue weighted by Crippen LogP contribution is -2.03. The molecular formula is C44H26N4O. The van der Waals surface area contributed by atoms with Gasteiger partial charge in [0.25, 0.3) is 0 Å². The summed E-state index contributed by atoms with van der Waals surface area (Å²) in [4.78, 5) is 10.7. The third-order valence-corrected chi connectivity index (χ3v) is 9.90. The lowest BCUT2D eigenvalue weighted by molar-refractivity contribution is 0.673. The van der Waals surface area contributed by atoms with Crippen molar-refractivity contribution in [1.29, 1.82) is 0 Å². The molecule has 0 amide bonds. The fourth-order valence-corrected chi connectivity index (χ4v) is 7.91. The zero-order chi connectivity index (χ0) is 32.1. The summed E-state index contributed by atoms with van der Waals surface area (Å²) in [7, 11) is 0. The van der Waals surface area contributed by atoms with E-state index in [0.29, 0.717) is 5.95 Å². The highest BCUT2D eigenvalue weighted by molar-refractivity contribution is 6.39. The standard InChI is InChI=1S/C44H26N4O/c1-3-15-27(16-4-1)40-29-19-7-11-23-33(29)45-44(46-40)48-35-25-13-8-20-30(35)37-41-38(43-39(42(37)48)32-22-10-14-26-36(32)49-43)31-21-9-12-24-34(31)47(41)28-17-5-2-6-18-28/h1-26H. The van der Waals surface area contributed by atoms with Crippen molar-refractivity contribution in [2.24, 2.45) is 0 Å². The summed E-state index contributed by atoms with van der Waals surface area (Å²) in [5, 5.41) is 7.67. The molecule has 0 spiro atoms. The zero-order valence-corrected chi connectivity index (χ0v) is 26.2. The van der Waals surface area contributed by atoms with Gasteiger partial charge in [-0.2, -0.15) is 0 Å². The highest BCUT2D eigenvalue weighted by atomic mass is 16.3. The van der Waals surface area contributed by atoms with Crippen LogP contribution < -0.4 is 0 Å². The number of hydrogen-bond donors (Lipinski definition) is 0. The normalized spacial score (nSPS) is 12.1. The molecule has 11 rings (SSSR count). The molecule has 5 heteroatoms. The molecule has 0 N–H and O–H groups in total. The van der Waals surface area contributed by atoms with Crippen molar-refractivity contribution in [3.63, 3.8) is 0 Å². The largest absolute Gasteiger partial charge is 0.455 e. The van der Waals surface area contributed by atoms with Gasteiger partial charge in [-0.25, -0.2) is 9.97 Å². The first kappa shape index (κ1) is 26.4. The van der Waals surface area contributed by atoms with Gasteiger partial charge in [0.05, 0.1) is 44.0 Å². The van der Waals surface area contributed by atoms with Crippen LogP contribution in [0.25, 0.3) is 99.3 Å². The van der Waals surface area contributed by atoms with E-state index in [4.69, 9.17) is 14.4 Å². The van der Waals surface area contributed by atoms with Crippen LogP contribution in [0.3, 0.4) is 0 Å². The molecular weight excluding hydrogens is 601 g/mol. The lowest BCUT2D eigenvalue weighted by Gasteiger charge is -2.13. The summed E-state index contributed by atoms with van der Waals surface area (Å²) in [6, 6.07) is 55.0. The van der Waals surface area contributed by atoms with Crippen molar-refractivity contribution in [2.75, 3.05) is 0 Å². The number of nitrogens with zero attached hydrogens (tertiary/aromatic N) is 4. The maximum absolute atomic E-state index is 6.91. The van der Waals surface area contributed by atoms with E-state index in [-0.39, 0.29) is 0 Å². The Morgan fingerprint density at radius 1 is 0.429 bits per heavy atom. The van der Waals surface area contributed by atoms with E-state index in [0.717, 1.165) is 93.4 Å². The summed E-state index contributed by atoms with van der Waals surface area (Å²) in [5.41, 5.74) is 9.95. The van der Waals surface area contributed by atoms with Gasteiger partial charge in [0, 0.05) is 38.2 Å². The van der Waals surface area contributed by atoms with Gasteiger partial charge < -0.3 is 8.98 Å². The third kappa shape index (κ3) is 3.59. The van der Waals surface area contributed by atoms with Gasteiger partial charge in [-0.3, -0.25) is 4.57 Å². The van der Waals surface area contributed by atoms with E-state index in [1.807, 2.05) is 18.2 Å². The molecule has 11 aromatic rings. The van der Waals surface area contributed by atoms with E-state index in [1.54, 1.807) is 0 Å². The topological polar surface area (TPSA) is 48.8 Å². The van der Waals surface area contributed by atoms with Crippen LogP contribution in [0.1, 0.15) is 0 Å². The second kappa shape index (κ2) is 9.89. The molecule has 228 valence electrons. The summed E-state index contributed by atoms with van der Waals surface area (Å²) < 4.78 is 11.6. The summed E-state index contributed by atoms with van der Waals surface area (Å²) in [5.74, 6) is 0.622. The molecule has 0 fully saturated rings. The Hall–Kier alpha value is -6.72. The van der Waals surface area contributed by atoms with Crippen molar-refractivity contribution in [3.05, 3.63) is 158 Å². The number of furan rings is 1. The number of benzene rings is 7. The molecule has 49 heavy (non-hydrogen) atoms. The lowest BCUT2D eigenvalue weighted by atomic mass is 10.0. The van der Waals surface area contributed by atoms with Gasteiger partial charge in [-0.15, -0.1) is 0 Å². The SMILES string of the molecule is c1ccc(-c2nc(-n3c4ccccc4c4c5c(c6ccccc6n5-c5ccccc5)c5oc6ccccc6c5c43)nc3ccccc23)cc1. The Bertz CT molecular complexity index is 3100. The Labute approximate surface area is 279 Å². The third-order valence-electron chi connectivity index (χ3n) is 9.90. The molecule has 0 aliphatic rings. The first-order valence-corrected chi connectivity index (χ1v) is 16.5. The molecule has 0 saturated carbocycles. The van der Waals surface area contributed by atoms with E-state index in [1.165, 1.54) is 0 Å². The predicted molar refractivity (Wildman–Crippen MR) is 201 cm³/mol. The monoisotopic (exact) mass is 626 g/mol. The predicted octanol–water partition coefficient (Wildman–Crippen LogP) is 11.4. The van der Waals surface area contributed by atoms with Crippen LogP contribution in [0.2, 0.25) is 0 Å². The molecule has 0 saturated heterocycles. The number of fused-ring (bicyclic) bond motifs is 13. The molecule has 4 heterocycles. The van der Waals surface area contributed by atoms with E-state index in [2.05, 4.69) is 149 Å². The quantitative estimate of drug-likeness (QED) is 0.196. The average Bonchev–Trinajstić information content (AvgIpc) is 3.83. The maximum Gasteiger partial charge on any atom is 0.235 e. The molecule has 4 aromatic heterocycles. The van der Waals surface area contributed by atoms with Gasteiger partial charge >= 0.3 is 0 Å². The fraction of sp³-hybridized carbons (Fsp3) is 0. The molecule has 0 radical (unpaired) electrons. The van der Waals surface area contributed by atoms with Crippen LogP contribution in [0.4, 0.5) is 0 Å². The van der Waals surface area contributed by atoms with Gasteiger partial charge in [0.2, 0.25) is 5.95 Å². The van der Waals surface area contributed by atoms with Crippen molar-refractivity contribution < 1.29 is 4.42 Å². The average molecular weight is 627 g/mol. The molecule has 7 aromatic carbocycles. The zero-order valence-electron chi connectivity index (χ0n) is 26.2. The minimum Gasteiger partial charge on any atom is -0.455 e. The highest BCUT2D eigenvalue weighted by Crippen LogP contribution is 2.49. The Morgan fingerprint density at radius 2 is 0.980 bits per heavy atom. The van der Waals surface area contributed by atoms with Gasteiger partial charge in [0.15, 0.2) is 0 Å². The maximum atomic E-state index is 6.91. The van der Waals surface area contributed by atoms with Crippen molar-refractivity contribution in [1.82, 2.24) is 19.1 Å². The van der Waals surface area contributed by atoms with Gasteiger partial charge in [-0.1, -0.05) is 121 Å². The summed E-state index contributed by atoms with van der Waals surface area (Å²) in [6.07, 6.45) is 0. The Balaban J connectivity index is 1.44. The fourth-order valence-electron chi connectivity index (χ4n) is 7.91. The summed E-state index contributed by atoms with van der Waals surface area (Å²) in [6.45, 7) is 0. The summed E-state index contributed by atoms with van der Waals surface area (Å²) >= 11 is 0. The van der Waals surface area contributed by atoms with Crippen LogP contribution in [0, 0.1) is 0 Å². The van der Waals surface area contributed by atoms with Crippen LogP contribution in [-0.2, 0) is 0 Å². The van der Waals surface area contributed by atoms with Crippen LogP contribution in [0.5, 0.6) is 0 Å². The van der Waals surface area contributed by atoms with E-state index < -0.39 is 0 Å². The molecule has 0 aliphatic carbocycles. The minimum absolute atomic E-state index is 0.622. The molecule has 0 aliphatic heterocycles. The van der Waals surface area contributed by atoms with E-state index in [9.17, 15) is 0 Å². The van der Waals surface area contributed by atoms with Crippen molar-refractivity contribution in [2.45, 2.75) is 0 Å². The van der Waals surface area contributed by atoms with Gasteiger partial charge in [-0.05, 0) is 36.4 Å². The number of aromatic nitrogens is 4. The smallest absolute Gasteiger partial charge is 0.235 e. The van der Waals surface area contributed by atoms with Crippen molar-refractivity contribution >= 4 is 76.5 Å². The molecule has 5 nitrogen and oxygen atoms in total. The number of rotatable bonds is 3. The van der Waals surface area contributed by atoms with Crippen molar-refractivity contribution in [3.8, 4) is 22.9 Å². The number of hydrogen-bond acceptors (Lipinski definition) is 3. The number of para-hydroxylation sites is 5. The molecule has 0 bridgehead atoms. The highest BCUT2D eigenvalue weighted by Gasteiger charge is 2.28. The second-order valence-electron chi connectivity index (χ2n) is 12.5. The Kier molecular flexibility index (Phi) is 5.32. The van der Waals surface area contributed by atoms with Crippen LogP contribution >= 0.6 is 0 Å². The molecule has 0 unspecified atom stereocenters. The second-order valence-corrected chi connectivity index (χ2v) is 12.5.